The maximum Gasteiger partial charge on any atom is 0.239 e. The molecule has 0 fully saturated rings. The fraction of sp³-hybridized carbons (Fsp3) is 0.500. The van der Waals surface area contributed by atoms with E-state index in [0.29, 0.717) is 16.5 Å². The number of hydrogen-bond acceptors (Lipinski definition) is 4. The third-order valence-electron chi connectivity index (χ3n) is 3.03. The van der Waals surface area contributed by atoms with E-state index in [1.165, 1.54) is 0 Å². The van der Waals surface area contributed by atoms with E-state index in [2.05, 4.69) is 5.32 Å². The third kappa shape index (κ3) is 7.05. The molecule has 0 aliphatic rings. The molecule has 0 saturated heterocycles. The number of anilines is 1. The molecule has 6 nitrogen and oxygen atoms in total. The highest BCUT2D eigenvalue weighted by Gasteiger charge is 2.20. The number of para-hydroxylation sites is 1. The Balaban J connectivity index is 2.74. The fourth-order valence-electron chi connectivity index (χ4n) is 1.88. The van der Waals surface area contributed by atoms with Crippen LogP contribution in [-0.4, -0.2) is 63.5 Å². The molecule has 9 heteroatoms. The van der Waals surface area contributed by atoms with Gasteiger partial charge in [0.2, 0.25) is 15.9 Å². The van der Waals surface area contributed by atoms with Crippen molar-refractivity contribution >= 4 is 44.8 Å². The zero-order valence-corrected chi connectivity index (χ0v) is 15.7. The number of nitrogens with one attached hydrogen (secondary N) is 1. The maximum atomic E-state index is 12.1. The molecular weight excluding hydrogens is 361 g/mol. The van der Waals surface area contributed by atoms with Gasteiger partial charge >= 0.3 is 0 Å². The summed E-state index contributed by atoms with van der Waals surface area (Å²) in [5.74, 6) is -0.490. The first-order chi connectivity index (χ1) is 10.6. The molecule has 0 unspecified atom stereocenters. The molecule has 1 amide bonds. The van der Waals surface area contributed by atoms with Crippen LogP contribution in [-0.2, 0) is 14.8 Å². The molecule has 0 bridgehead atoms. The minimum Gasteiger partial charge on any atom is -0.322 e. The van der Waals surface area contributed by atoms with Crippen molar-refractivity contribution in [3.63, 3.8) is 0 Å². The zero-order chi connectivity index (χ0) is 17.6. The van der Waals surface area contributed by atoms with Crippen molar-refractivity contribution in [2.45, 2.75) is 6.42 Å². The quantitative estimate of drug-likeness (QED) is 0.748. The molecule has 0 spiro atoms. The minimum atomic E-state index is -3.48. The summed E-state index contributed by atoms with van der Waals surface area (Å²) in [7, 11) is 0.317. The van der Waals surface area contributed by atoms with Crippen LogP contribution in [0.4, 0.5) is 5.69 Å². The van der Waals surface area contributed by atoms with Crippen molar-refractivity contribution in [1.29, 1.82) is 0 Å². The number of sulfonamides is 1. The Hall–Kier alpha value is -0.860. The van der Waals surface area contributed by atoms with Gasteiger partial charge in [0, 0.05) is 6.54 Å². The van der Waals surface area contributed by atoms with Crippen molar-refractivity contribution in [3.05, 3.63) is 28.2 Å². The summed E-state index contributed by atoms with van der Waals surface area (Å²) in [6.07, 6.45) is 1.71. The molecule has 0 saturated carbocycles. The lowest BCUT2D eigenvalue weighted by Crippen LogP contribution is -2.38. The number of halogens is 2. The van der Waals surface area contributed by atoms with Crippen molar-refractivity contribution < 1.29 is 13.2 Å². The van der Waals surface area contributed by atoms with E-state index >= 15 is 0 Å². The summed E-state index contributed by atoms with van der Waals surface area (Å²) in [6, 6.07) is 4.84. The van der Waals surface area contributed by atoms with E-state index in [1.807, 2.05) is 19.0 Å². The predicted octanol–water partition coefficient (Wildman–Crippen LogP) is 2.15. The van der Waals surface area contributed by atoms with E-state index < -0.39 is 15.9 Å². The predicted molar refractivity (Wildman–Crippen MR) is 94.7 cm³/mol. The second-order valence-electron chi connectivity index (χ2n) is 5.40. The Kier molecular flexibility index (Phi) is 7.76. The number of benzene rings is 1. The third-order valence-corrected chi connectivity index (χ3v) is 4.91. The van der Waals surface area contributed by atoms with Crippen LogP contribution in [0, 0.1) is 0 Å². The van der Waals surface area contributed by atoms with Crippen LogP contribution in [0.2, 0.25) is 10.0 Å². The van der Waals surface area contributed by atoms with Gasteiger partial charge in [-0.15, -0.1) is 0 Å². The van der Waals surface area contributed by atoms with Crippen LogP contribution in [0.25, 0.3) is 0 Å². The summed E-state index contributed by atoms with van der Waals surface area (Å²) >= 11 is 12.0. The van der Waals surface area contributed by atoms with Crippen LogP contribution >= 0.6 is 23.2 Å². The standard InChI is InChI=1S/C14H21Cl2N3O3S/c1-18(2)8-5-9-19(23(3,21)22)10-13(20)17-14-11(15)6-4-7-12(14)16/h4,6-7H,5,8-10H2,1-3H3,(H,17,20). The Morgan fingerprint density at radius 3 is 2.22 bits per heavy atom. The van der Waals surface area contributed by atoms with Gasteiger partial charge in [-0.25, -0.2) is 8.42 Å². The van der Waals surface area contributed by atoms with Crippen LogP contribution < -0.4 is 5.32 Å². The zero-order valence-electron chi connectivity index (χ0n) is 13.3. The second kappa shape index (κ2) is 8.84. The first-order valence-corrected chi connectivity index (χ1v) is 9.55. The second-order valence-corrected chi connectivity index (χ2v) is 8.20. The van der Waals surface area contributed by atoms with Gasteiger partial charge in [-0.2, -0.15) is 4.31 Å². The molecule has 0 heterocycles. The summed E-state index contributed by atoms with van der Waals surface area (Å²) in [5, 5.41) is 3.15. The molecule has 0 radical (unpaired) electrons. The topological polar surface area (TPSA) is 69.7 Å². The Bertz CT molecular complexity index is 630. The van der Waals surface area contributed by atoms with Crippen molar-refractivity contribution in [2.24, 2.45) is 0 Å². The smallest absolute Gasteiger partial charge is 0.239 e. The lowest BCUT2D eigenvalue weighted by molar-refractivity contribution is -0.116. The summed E-state index contributed by atoms with van der Waals surface area (Å²) in [6.45, 7) is 0.707. The molecule has 0 aromatic heterocycles. The van der Waals surface area contributed by atoms with Gasteiger partial charge in [0.25, 0.3) is 0 Å². The molecule has 1 aromatic carbocycles. The van der Waals surface area contributed by atoms with Gasteiger partial charge in [-0.3, -0.25) is 4.79 Å². The Morgan fingerprint density at radius 1 is 1.17 bits per heavy atom. The van der Waals surface area contributed by atoms with Crippen LogP contribution in [0.5, 0.6) is 0 Å². The van der Waals surface area contributed by atoms with Crippen molar-refractivity contribution in [1.82, 2.24) is 9.21 Å². The van der Waals surface area contributed by atoms with Crippen molar-refractivity contribution in [3.8, 4) is 0 Å². The highest BCUT2D eigenvalue weighted by molar-refractivity contribution is 7.88. The Labute approximate surface area is 147 Å². The molecule has 0 atom stereocenters. The number of carbonyl (C=O) groups is 1. The van der Waals surface area contributed by atoms with Gasteiger partial charge < -0.3 is 10.2 Å². The number of amides is 1. The fourth-order valence-corrected chi connectivity index (χ4v) is 3.19. The average molecular weight is 382 g/mol. The molecule has 1 N–H and O–H groups in total. The first kappa shape index (κ1) is 20.2. The number of carbonyl (C=O) groups excluding carboxylic acids is 1. The number of nitrogens with zero attached hydrogens (tertiary/aromatic N) is 2. The van der Waals surface area contributed by atoms with Gasteiger partial charge in [-0.1, -0.05) is 29.3 Å². The normalized spacial score (nSPS) is 12.0. The van der Waals surface area contributed by atoms with E-state index in [4.69, 9.17) is 23.2 Å². The summed E-state index contributed by atoms with van der Waals surface area (Å²) in [5.41, 5.74) is 0.280. The van der Waals surface area contributed by atoms with E-state index in [-0.39, 0.29) is 18.8 Å². The monoisotopic (exact) mass is 381 g/mol. The van der Waals surface area contributed by atoms with Crippen LogP contribution in [0.3, 0.4) is 0 Å². The van der Waals surface area contributed by atoms with E-state index in [1.54, 1.807) is 18.2 Å². The number of rotatable bonds is 8. The highest BCUT2D eigenvalue weighted by Crippen LogP contribution is 2.29. The van der Waals surface area contributed by atoms with Gasteiger partial charge in [0.15, 0.2) is 0 Å². The average Bonchev–Trinajstić information content (AvgIpc) is 2.40. The largest absolute Gasteiger partial charge is 0.322 e. The molecular formula is C14H21Cl2N3O3S. The van der Waals surface area contributed by atoms with E-state index in [9.17, 15) is 13.2 Å². The summed E-state index contributed by atoms with van der Waals surface area (Å²) in [4.78, 5) is 14.1. The lowest BCUT2D eigenvalue weighted by Gasteiger charge is -2.20. The first-order valence-electron chi connectivity index (χ1n) is 6.95. The van der Waals surface area contributed by atoms with Crippen molar-refractivity contribution in [2.75, 3.05) is 45.3 Å². The van der Waals surface area contributed by atoms with E-state index in [0.717, 1.165) is 17.1 Å². The SMILES string of the molecule is CN(C)CCCN(CC(=O)Nc1c(Cl)cccc1Cl)S(C)(=O)=O. The molecule has 0 aliphatic carbocycles. The lowest BCUT2D eigenvalue weighted by atomic mass is 10.3. The molecule has 0 aliphatic heterocycles. The highest BCUT2D eigenvalue weighted by atomic mass is 35.5. The van der Waals surface area contributed by atoms with Crippen LogP contribution in [0.1, 0.15) is 6.42 Å². The Morgan fingerprint density at radius 2 is 1.74 bits per heavy atom. The minimum absolute atomic E-state index is 0.265. The van der Waals surface area contributed by atoms with Crippen LogP contribution in [0.15, 0.2) is 18.2 Å². The molecule has 1 rings (SSSR count). The van der Waals surface area contributed by atoms with Gasteiger partial charge in [-0.05, 0) is 39.2 Å². The maximum absolute atomic E-state index is 12.1. The van der Waals surface area contributed by atoms with Gasteiger partial charge in [0.1, 0.15) is 0 Å². The summed E-state index contributed by atoms with van der Waals surface area (Å²) < 4.78 is 24.8. The molecule has 23 heavy (non-hydrogen) atoms. The van der Waals surface area contributed by atoms with Gasteiger partial charge in [0.05, 0.1) is 28.5 Å². The molecule has 130 valence electrons. The molecule has 1 aromatic rings. The number of hydrogen-bond donors (Lipinski definition) is 1.